The second kappa shape index (κ2) is 16.1. The summed E-state index contributed by atoms with van der Waals surface area (Å²) in [6.45, 7) is 0.921. The van der Waals surface area contributed by atoms with E-state index in [0.717, 1.165) is 55.4 Å². The van der Waals surface area contributed by atoms with Gasteiger partial charge < -0.3 is 10.2 Å². The molecule has 50 heavy (non-hydrogen) atoms. The number of carbonyl (C=O) groups is 2. The topological polar surface area (TPSA) is 86.8 Å². The number of benzene rings is 4. The maximum absolute atomic E-state index is 14.7. The van der Waals surface area contributed by atoms with Crippen LogP contribution in [0.1, 0.15) is 54.4 Å². The van der Waals surface area contributed by atoms with E-state index in [9.17, 15) is 31.2 Å². The number of nitrogens with zero attached hydrogens (tertiary/aromatic N) is 2. The summed E-state index contributed by atoms with van der Waals surface area (Å²) in [5, 5.41) is 2.83. The lowest BCUT2D eigenvalue weighted by atomic mass is 9.94. The Hall–Kier alpha value is -4.35. The molecule has 7 nitrogen and oxygen atoms in total. The van der Waals surface area contributed by atoms with Crippen LogP contribution in [0.5, 0.6) is 0 Å². The summed E-state index contributed by atoms with van der Waals surface area (Å²) in [5.41, 5.74) is 0.778. The van der Waals surface area contributed by atoms with Crippen LogP contribution in [-0.2, 0) is 38.8 Å². The van der Waals surface area contributed by atoms with Crippen molar-refractivity contribution in [2.45, 2.75) is 75.1 Å². The first-order chi connectivity index (χ1) is 23.8. The average Bonchev–Trinajstić information content (AvgIpc) is 3.10. The van der Waals surface area contributed by atoms with Crippen LogP contribution in [0.3, 0.4) is 0 Å². The number of nitrogens with one attached hydrogen (secondary N) is 1. The summed E-state index contributed by atoms with van der Waals surface area (Å²) in [6, 6.07) is 24.8. The Morgan fingerprint density at radius 1 is 0.860 bits per heavy atom. The lowest BCUT2D eigenvalue weighted by Gasteiger charge is -2.35. The molecular weight excluding hydrogens is 687 g/mol. The van der Waals surface area contributed by atoms with Crippen LogP contribution in [0, 0.1) is 6.92 Å². The van der Waals surface area contributed by atoms with E-state index in [1.807, 2.05) is 61.5 Å². The zero-order valence-electron chi connectivity index (χ0n) is 27.6. The third kappa shape index (κ3) is 9.25. The van der Waals surface area contributed by atoms with Crippen molar-refractivity contribution >= 4 is 39.1 Å². The Labute approximate surface area is 296 Å². The first-order valence-electron chi connectivity index (χ1n) is 16.5. The highest BCUT2D eigenvalue weighted by atomic mass is 35.5. The number of hydrogen-bond acceptors (Lipinski definition) is 4. The highest BCUT2D eigenvalue weighted by Gasteiger charge is 2.38. The fourth-order valence-corrected chi connectivity index (χ4v) is 7.82. The lowest BCUT2D eigenvalue weighted by Crippen LogP contribution is -2.55. The van der Waals surface area contributed by atoms with Crippen LogP contribution in [0.25, 0.3) is 0 Å². The van der Waals surface area contributed by atoms with Gasteiger partial charge in [0.25, 0.3) is 10.0 Å². The van der Waals surface area contributed by atoms with E-state index in [1.54, 1.807) is 6.07 Å². The van der Waals surface area contributed by atoms with E-state index in [-0.39, 0.29) is 28.9 Å². The third-order valence-electron chi connectivity index (χ3n) is 8.85. The average molecular weight is 726 g/mol. The van der Waals surface area contributed by atoms with Crippen molar-refractivity contribution in [3.8, 4) is 0 Å². The molecule has 4 aromatic rings. The molecule has 0 aromatic heterocycles. The van der Waals surface area contributed by atoms with Gasteiger partial charge in [-0.25, -0.2) is 8.42 Å². The quantitative estimate of drug-likeness (QED) is 0.161. The van der Waals surface area contributed by atoms with Crippen molar-refractivity contribution in [3.05, 3.63) is 130 Å². The first kappa shape index (κ1) is 36.9. The molecule has 0 heterocycles. The van der Waals surface area contributed by atoms with Gasteiger partial charge in [-0.1, -0.05) is 109 Å². The number of hydrogen-bond donors (Lipinski definition) is 1. The highest BCUT2D eigenvalue weighted by molar-refractivity contribution is 7.92. The second-order valence-corrected chi connectivity index (χ2v) is 14.8. The van der Waals surface area contributed by atoms with Gasteiger partial charge in [-0.2, -0.15) is 13.2 Å². The molecule has 1 aliphatic rings. The van der Waals surface area contributed by atoms with Crippen molar-refractivity contribution in [1.82, 2.24) is 10.2 Å². The number of alkyl halides is 3. The molecule has 0 radical (unpaired) electrons. The minimum absolute atomic E-state index is 0.0652. The minimum Gasteiger partial charge on any atom is -0.352 e. The van der Waals surface area contributed by atoms with E-state index >= 15 is 0 Å². The molecule has 1 N–H and O–H groups in total. The summed E-state index contributed by atoms with van der Waals surface area (Å²) in [4.78, 5) is 30.0. The summed E-state index contributed by atoms with van der Waals surface area (Å²) >= 11 is 6.41. The molecule has 1 atom stereocenters. The van der Waals surface area contributed by atoms with Crippen molar-refractivity contribution in [3.63, 3.8) is 0 Å². The van der Waals surface area contributed by atoms with Crippen LogP contribution >= 0.6 is 11.6 Å². The molecule has 264 valence electrons. The van der Waals surface area contributed by atoms with E-state index in [1.165, 1.54) is 29.2 Å². The molecule has 0 saturated heterocycles. The summed E-state index contributed by atoms with van der Waals surface area (Å²) in [7, 11) is -4.64. The molecule has 5 rings (SSSR count). The Balaban J connectivity index is 1.61. The van der Waals surface area contributed by atoms with Crippen molar-refractivity contribution < 1.29 is 31.2 Å². The van der Waals surface area contributed by atoms with Crippen LogP contribution in [0.2, 0.25) is 5.02 Å². The minimum atomic E-state index is -4.82. The van der Waals surface area contributed by atoms with Gasteiger partial charge in [-0.05, 0) is 61.2 Å². The van der Waals surface area contributed by atoms with Gasteiger partial charge in [0, 0.05) is 19.0 Å². The molecule has 0 aliphatic heterocycles. The molecule has 2 amide bonds. The predicted molar refractivity (Wildman–Crippen MR) is 188 cm³/mol. The Morgan fingerprint density at radius 2 is 1.48 bits per heavy atom. The number of rotatable bonds is 12. The molecule has 4 aromatic carbocycles. The molecule has 1 saturated carbocycles. The molecule has 0 bridgehead atoms. The van der Waals surface area contributed by atoms with Crippen LogP contribution < -0.4 is 9.62 Å². The monoisotopic (exact) mass is 725 g/mol. The Morgan fingerprint density at radius 3 is 2.10 bits per heavy atom. The largest absolute Gasteiger partial charge is 0.416 e. The number of anilines is 1. The van der Waals surface area contributed by atoms with Crippen LogP contribution in [0.4, 0.5) is 18.9 Å². The van der Waals surface area contributed by atoms with Gasteiger partial charge in [-0.3, -0.25) is 13.9 Å². The SMILES string of the molecule is Cc1ccc(CN(C(=O)CN(c2cc(C(F)(F)F)ccc2Cl)S(=O)(=O)c2ccccc2)[C@@H](Cc2ccccc2)C(=O)NC2CCCCC2)cc1. The molecule has 12 heteroatoms. The summed E-state index contributed by atoms with van der Waals surface area (Å²) in [5.74, 6) is -1.19. The van der Waals surface area contributed by atoms with Crippen molar-refractivity contribution in [1.29, 1.82) is 0 Å². The lowest BCUT2D eigenvalue weighted by molar-refractivity contribution is -0.140. The molecule has 1 aliphatic carbocycles. The van der Waals surface area contributed by atoms with Crippen LogP contribution in [0.15, 0.2) is 108 Å². The Bertz CT molecular complexity index is 1870. The summed E-state index contributed by atoms with van der Waals surface area (Å²) in [6.07, 6.45) is -0.107. The van der Waals surface area contributed by atoms with Gasteiger partial charge in [0.15, 0.2) is 0 Å². The molecule has 0 unspecified atom stereocenters. The maximum Gasteiger partial charge on any atom is 0.416 e. The predicted octanol–water partition coefficient (Wildman–Crippen LogP) is 7.95. The standard InChI is InChI=1S/C38H39ClF3N3O4S/c1-27-17-19-29(20-18-27)25-44(35(23-28-11-5-2-6-12-28)37(47)43-31-13-7-3-8-14-31)36(46)26-45(50(48,49)32-15-9-4-10-16-32)34-24-30(38(40,41)42)21-22-33(34)39/h2,4-6,9-12,15-22,24,31,35H,3,7-8,13-14,23,25-26H2,1H3,(H,43,47)/t35-/m0/s1. The fraction of sp³-hybridized carbons (Fsp3) is 0.316. The van der Waals surface area contributed by atoms with Gasteiger partial charge in [-0.15, -0.1) is 0 Å². The van der Waals surface area contributed by atoms with E-state index in [4.69, 9.17) is 11.6 Å². The number of halogens is 4. The van der Waals surface area contributed by atoms with E-state index < -0.39 is 51.9 Å². The number of amides is 2. The fourth-order valence-electron chi connectivity index (χ4n) is 6.10. The number of sulfonamides is 1. The maximum atomic E-state index is 14.7. The van der Waals surface area contributed by atoms with Gasteiger partial charge in [0.2, 0.25) is 11.8 Å². The highest BCUT2D eigenvalue weighted by Crippen LogP contribution is 2.37. The zero-order chi connectivity index (χ0) is 35.9. The number of carbonyl (C=O) groups excluding carboxylic acids is 2. The van der Waals surface area contributed by atoms with Crippen molar-refractivity contribution in [2.75, 3.05) is 10.8 Å². The van der Waals surface area contributed by atoms with Gasteiger partial charge in [0.1, 0.15) is 12.6 Å². The Kier molecular flexibility index (Phi) is 11.9. The van der Waals surface area contributed by atoms with Crippen molar-refractivity contribution in [2.24, 2.45) is 0 Å². The molecular formula is C38H39ClF3N3O4S. The third-order valence-corrected chi connectivity index (χ3v) is 10.9. The molecule has 0 spiro atoms. The van der Waals surface area contributed by atoms with E-state index in [0.29, 0.717) is 15.9 Å². The second-order valence-electron chi connectivity index (χ2n) is 12.5. The molecule has 1 fully saturated rings. The zero-order valence-corrected chi connectivity index (χ0v) is 29.1. The van der Waals surface area contributed by atoms with Gasteiger partial charge in [0.05, 0.1) is 21.2 Å². The van der Waals surface area contributed by atoms with Crippen LogP contribution in [-0.4, -0.2) is 43.8 Å². The first-order valence-corrected chi connectivity index (χ1v) is 18.3. The van der Waals surface area contributed by atoms with Gasteiger partial charge >= 0.3 is 6.18 Å². The smallest absolute Gasteiger partial charge is 0.352 e. The normalized spacial score (nSPS) is 14.5. The van der Waals surface area contributed by atoms with E-state index in [2.05, 4.69) is 5.32 Å². The number of aryl methyl sites for hydroxylation is 1. The summed E-state index contributed by atoms with van der Waals surface area (Å²) < 4.78 is 70.7.